The van der Waals surface area contributed by atoms with Crippen molar-refractivity contribution in [2.75, 3.05) is 5.32 Å². The number of carboxylic acid groups (broad SMARTS) is 1. The fourth-order valence-corrected chi connectivity index (χ4v) is 5.19. The Morgan fingerprint density at radius 3 is 2.46 bits per heavy atom. The molecule has 1 aromatic rings. The summed E-state index contributed by atoms with van der Waals surface area (Å²) in [6.45, 7) is 3.91. The van der Waals surface area contributed by atoms with Crippen LogP contribution >= 0.6 is 11.3 Å². The zero-order chi connectivity index (χ0) is 17.4. The highest BCUT2D eigenvalue weighted by Crippen LogP contribution is 2.46. The number of nitriles is 1. The summed E-state index contributed by atoms with van der Waals surface area (Å²) in [6.07, 6.45) is 6.33. The lowest BCUT2D eigenvalue weighted by atomic mass is 9.62. The second kappa shape index (κ2) is 6.40. The molecular weight excluding hydrogens is 324 g/mol. The molecule has 0 saturated heterocycles. The van der Waals surface area contributed by atoms with Crippen LogP contribution in [-0.2, 0) is 16.0 Å². The molecule has 3 aliphatic rings. The predicted octanol–water partition coefficient (Wildman–Crippen LogP) is 3.34. The van der Waals surface area contributed by atoms with Crippen LogP contribution in [0.2, 0.25) is 0 Å². The van der Waals surface area contributed by atoms with Crippen molar-refractivity contribution in [1.82, 2.24) is 0 Å². The number of aliphatic carboxylic acids is 1. The second-order valence-electron chi connectivity index (χ2n) is 6.48. The zero-order valence-corrected chi connectivity index (χ0v) is 14.5. The van der Waals surface area contributed by atoms with E-state index in [1.807, 2.05) is 26.0 Å². The molecule has 1 amide bonds. The zero-order valence-electron chi connectivity index (χ0n) is 13.7. The number of carbonyl (C=O) groups excluding carboxylic acids is 1. The molecule has 6 heteroatoms. The van der Waals surface area contributed by atoms with E-state index in [1.54, 1.807) is 0 Å². The summed E-state index contributed by atoms with van der Waals surface area (Å²) in [7, 11) is 0. The average Bonchev–Trinajstić information content (AvgIpc) is 2.88. The third kappa shape index (κ3) is 2.63. The molecule has 2 N–H and O–H groups in total. The van der Waals surface area contributed by atoms with E-state index < -0.39 is 17.8 Å². The Kier molecular flexibility index (Phi) is 4.46. The van der Waals surface area contributed by atoms with Crippen molar-refractivity contribution in [2.24, 2.45) is 23.7 Å². The SMILES string of the molecule is CCc1c(C)sc(NC(=O)[C@H]2[C@@H](C(=O)O)[C@H]3C=C[C@@H]2CC3)c1C#N. The first-order chi connectivity index (χ1) is 11.5. The van der Waals surface area contributed by atoms with Crippen LogP contribution in [0.25, 0.3) is 0 Å². The van der Waals surface area contributed by atoms with Crippen molar-refractivity contribution >= 4 is 28.2 Å². The van der Waals surface area contributed by atoms with E-state index >= 15 is 0 Å². The number of carboxylic acids is 1. The van der Waals surface area contributed by atoms with Crippen molar-refractivity contribution in [2.45, 2.75) is 33.1 Å². The van der Waals surface area contributed by atoms with Gasteiger partial charge in [0.05, 0.1) is 17.4 Å². The summed E-state index contributed by atoms with van der Waals surface area (Å²) in [5, 5.41) is 22.4. The van der Waals surface area contributed by atoms with Crippen molar-refractivity contribution in [3.63, 3.8) is 0 Å². The minimum atomic E-state index is -0.911. The van der Waals surface area contributed by atoms with Gasteiger partial charge in [0.1, 0.15) is 11.1 Å². The molecule has 4 rings (SSSR count). The molecule has 3 aliphatic carbocycles. The number of fused-ring (bicyclic) bond motifs is 2. The van der Waals surface area contributed by atoms with E-state index in [-0.39, 0.29) is 17.7 Å². The maximum Gasteiger partial charge on any atom is 0.307 e. The number of nitrogens with zero attached hydrogens (tertiary/aromatic N) is 1. The third-order valence-electron chi connectivity index (χ3n) is 5.25. The highest BCUT2D eigenvalue weighted by molar-refractivity contribution is 7.16. The second-order valence-corrected chi connectivity index (χ2v) is 7.70. The van der Waals surface area contributed by atoms with Gasteiger partial charge in [0.15, 0.2) is 0 Å². The van der Waals surface area contributed by atoms with Crippen LogP contribution in [0.5, 0.6) is 0 Å². The number of thiophene rings is 1. The highest BCUT2D eigenvalue weighted by Gasteiger charge is 2.48. The van der Waals surface area contributed by atoms with Crippen LogP contribution < -0.4 is 5.32 Å². The summed E-state index contributed by atoms with van der Waals surface area (Å²) in [5.41, 5.74) is 1.47. The number of allylic oxidation sites excluding steroid dienone is 2. The van der Waals surface area contributed by atoms with Gasteiger partial charge in [-0.1, -0.05) is 19.1 Å². The first-order valence-electron chi connectivity index (χ1n) is 8.22. The topological polar surface area (TPSA) is 90.2 Å². The minimum Gasteiger partial charge on any atom is -0.481 e. The van der Waals surface area contributed by atoms with Gasteiger partial charge in [0.25, 0.3) is 0 Å². The molecule has 0 aliphatic heterocycles. The standard InChI is InChI=1S/C18H20N2O3S/c1-3-12-9(2)24-17(13(12)8-19)20-16(21)14-10-4-6-11(7-5-10)15(14)18(22)23/h4,6,10-11,14-15H,3,5,7H2,1-2H3,(H,20,21)(H,22,23)/t10-,11+,14-,15+/m1/s1. The molecule has 0 aromatic carbocycles. The van der Waals surface area contributed by atoms with Crippen LogP contribution in [-0.4, -0.2) is 17.0 Å². The van der Waals surface area contributed by atoms with Crippen LogP contribution in [0.15, 0.2) is 12.2 Å². The lowest BCUT2D eigenvalue weighted by Crippen LogP contribution is -2.47. The van der Waals surface area contributed by atoms with Gasteiger partial charge in [0.2, 0.25) is 5.91 Å². The van der Waals surface area contributed by atoms with Crippen LogP contribution in [0, 0.1) is 41.9 Å². The average molecular weight is 344 g/mol. The molecule has 4 atom stereocenters. The van der Waals surface area contributed by atoms with Gasteiger partial charge in [-0.25, -0.2) is 0 Å². The van der Waals surface area contributed by atoms with Crippen molar-refractivity contribution in [3.8, 4) is 6.07 Å². The Hall–Kier alpha value is -2.13. The smallest absolute Gasteiger partial charge is 0.307 e. The molecule has 1 aromatic heterocycles. The van der Waals surface area contributed by atoms with Crippen molar-refractivity contribution < 1.29 is 14.7 Å². The van der Waals surface area contributed by atoms with Gasteiger partial charge in [-0.3, -0.25) is 9.59 Å². The number of hydrogen-bond acceptors (Lipinski definition) is 4. The van der Waals surface area contributed by atoms with Gasteiger partial charge < -0.3 is 10.4 Å². The summed E-state index contributed by atoms with van der Waals surface area (Å²) in [4.78, 5) is 25.5. The maximum atomic E-state index is 12.8. The minimum absolute atomic E-state index is 0.0339. The highest BCUT2D eigenvalue weighted by atomic mass is 32.1. The summed E-state index contributed by atoms with van der Waals surface area (Å²) >= 11 is 1.39. The summed E-state index contributed by atoms with van der Waals surface area (Å²) in [5.74, 6) is -2.53. The number of nitrogens with one attached hydrogen (secondary N) is 1. The Morgan fingerprint density at radius 2 is 1.96 bits per heavy atom. The molecular formula is C18H20N2O3S. The molecule has 0 unspecified atom stereocenters. The van der Waals surface area contributed by atoms with E-state index in [0.717, 1.165) is 29.7 Å². The molecule has 0 radical (unpaired) electrons. The molecule has 126 valence electrons. The molecule has 1 saturated carbocycles. The van der Waals surface area contributed by atoms with E-state index in [9.17, 15) is 20.0 Å². The van der Waals surface area contributed by atoms with Gasteiger partial charge in [-0.2, -0.15) is 5.26 Å². The quantitative estimate of drug-likeness (QED) is 0.820. The number of amides is 1. The molecule has 5 nitrogen and oxygen atoms in total. The summed E-state index contributed by atoms with van der Waals surface area (Å²) in [6, 6.07) is 2.18. The molecule has 1 heterocycles. The van der Waals surface area contributed by atoms with Crippen molar-refractivity contribution in [1.29, 1.82) is 5.26 Å². The molecule has 24 heavy (non-hydrogen) atoms. The number of carbonyl (C=O) groups is 2. The number of anilines is 1. The Bertz CT molecular complexity index is 759. The first kappa shape index (κ1) is 16.7. The van der Waals surface area contributed by atoms with Gasteiger partial charge in [-0.15, -0.1) is 11.3 Å². The van der Waals surface area contributed by atoms with Crippen LogP contribution in [0.4, 0.5) is 5.00 Å². The third-order valence-corrected chi connectivity index (χ3v) is 6.31. The van der Waals surface area contributed by atoms with Crippen LogP contribution in [0.1, 0.15) is 35.8 Å². The Balaban J connectivity index is 1.89. The number of hydrogen-bond donors (Lipinski definition) is 2. The fourth-order valence-electron chi connectivity index (χ4n) is 4.09. The van der Waals surface area contributed by atoms with Gasteiger partial charge >= 0.3 is 5.97 Å². The Morgan fingerprint density at radius 1 is 1.33 bits per heavy atom. The lowest BCUT2D eigenvalue weighted by molar-refractivity contribution is -0.151. The van der Waals surface area contributed by atoms with Gasteiger partial charge in [-0.05, 0) is 43.6 Å². The molecule has 0 spiro atoms. The summed E-state index contributed by atoms with van der Waals surface area (Å²) < 4.78 is 0. The maximum absolute atomic E-state index is 12.8. The largest absolute Gasteiger partial charge is 0.481 e. The number of aryl methyl sites for hydroxylation is 1. The monoisotopic (exact) mass is 344 g/mol. The Labute approximate surface area is 145 Å². The molecule has 2 bridgehead atoms. The van der Waals surface area contributed by atoms with Crippen molar-refractivity contribution in [3.05, 3.63) is 28.2 Å². The molecule has 1 fully saturated rings. The lowest BCUT2D eigenvalue weighted by Gasteiger charge is -2.41. The van der Waals surface area contributed by atoms with E-state index in [2.05, 4.69) is 11.4 Å². The van der Waals surface area contributed by atoms with E-state index in [1.165, 1.54) is 11.3 Å². The predicted molar refractivity (Wildman–Crippen MR) is 91.7 cm³/mol. The van der Waals surface area contributed by atoms with Gasteiger partial charge in [0, 0.05) is 4.88 Å². The normalized spacial score (nSPS) is 27.7. The van der Waals surface area contributed by atoms with E-state index in [4.69, 9.17) is 0 Å². The van der Waals surface area contributed by atoms with Crippen LogP contribution in [0.3, 0.4) is 0 Å². The first-order valence-corrected chi connectivity index (χ1v) is 9.03. The fraction of sp³-hybridized carbons (Fsp3) is 0.500. The number of rotatable bonds is 4. The van der Waals surface area contributed by atoms with E-state index in [0.29, 0.717) is 10.6 Å².